The molecule has 0 aliphatic rings. The van der Waals surface area contributed by atoms with Crippen molar-refractivity contribution in [1.29, 1.82) is 0 Å². The molecule has 0 saturated heterocycles. The summed E-state index contributed by atoms with van der Waals surface area (Å²) in [6.45, 7) is 1.95. The minimum absolute atomic E-state index is 0.0225. The fraction of sp³-hybridized carbons (Fsp3) is 0.143. The third-order valence-corrected chi connectivity index (χ3v) is 2.59. The number of carbonyl (C=O) groups excluding carboxylic acids is 1. The minimum atomic E-state index is -0.0603. The number of hydrogen-bond donors (Lipinski definition) is 1. The first-order chi connectivity index (χ1) is 8.27. The summed E-state index contributed by atoms with van der Waals surface area (Å²) >= 11 is 0. The Labute approximate surface area is 101 Å². The first-order valence-corrected chi connectivity index (χ1v) is 5.53. The van der Waals surface area contributed by atoms with E-state index in [1.807, 2.05) is 37.3 Å². The van der Waals surface area contributed by atoms with Gasteiger partial charge in [0.1, 0.15) is 0 Å². The van der Waals surface area contributed by atoms with E-state index in [0.29, 0.717) is 5.56 Å². The molecule has 0 aliphatic carbocycles. The number of nitrogens with one attached hydrogen (secondary N) is 1. The van der Waals surface area contributed by atoms with Gasteiger partial charge in [0.05, 0.1) is 6.04 Å². The highest BCUT2D eigenvalue weighted by Crippen LogP contribution is 2.11. The number of rotatable bonds is 3. The highest BCUT2D eigenvalue weighted by atomic mass is 16.1. The quantitative estimate of drug-likeness (QED) is 0.874. The van der Waals surface area contributed by atoms with Crippen LogP contribution in [0.3, 0.4) is 0 Å². The predicted octanol–water partition coefficient (Wildman–Crippen LogP) is 2.57. The molecular weight excluding hydrogens is 212 g/mol. The van der Waals surface area contributed by atoms with Gasteiger partial charge in [-0.15, -0.1) is 0 Å². The van der Waals surface area contributed by atoms with Crippen LogP contribution in [-0.2, 0) is 0 Å². The fourth-order valence-electron chi connectivity index (χ4n) is 1.60. The van der Waals surface area contributed by atoms with Crippen molar-refractivity contribution in [3.05, 3.63) is 66.0 Å². The Balaban J connectivity index is 2.05. The van der Waals surface area contributed by atoms with Crippen LogP contribution in [0.15, 0.2) is 54.9 Å². The van der Waals surface area contributed by atoms with Gasteiger partial charge in [0.25, 0.3) is 5.91 Å². The Kier molecular flexibility index (Phi) is 3.50. The Hall–Kier alpha value is -2.16. The molecular formula is C14H14N2O. The molecule has 1 aromatic heterocycles. The minimum Gasteiger partial charge on any atom is -0.346 e. The maximum absolute atomic E-state index is 11.9. The summed E-state index contributed by atoms with van der Waals surface area (Å²) in [4.78, 5) is 15.9. The summed E-state index contributed by atoms with van der Waals surface area (Å²) in [6.07, 6.45) is 3.45. The molecule has 0 bridgehead atoms. The highest BCUT2D eigenvalue weighted by molar-refractivity contribution is 5.94. The van der Waals surface area contributed by atoms with E-state index in [1.54, 1.807) is 24.5 Å². The van der Waals surface area contributed by atoms with Crippen LogP contribution in [0.25, 0.3) is 0 Å². The van der Waals surface area contributed by atoms with Gasteiger partial charge in [0.2, 0.25) is 0 Å². The van der Waals surface area contributed by atoms with E-state index in [0.717, 1.165) is 5.56 Å². The van der Waals surface area contributed by atoms with E-state index in [-0.39, 0.29) is 11.9 Å². The number of hydrogen-bond acceptors (Lipinski definition) is 2. The van der Waals surface area contributed by atoms with Crippen LogP contribution in [0.1, 0.15) is 28.9 Å². The van der Waals surface area contributed by atoms with Crippen molar-refractivity contribution in [2.75, 3.05) is 0 Å². The number of benzene rings is 1. The molecule has 1 N–H and O–H groups in total. The maximum Gasteiger partial charge on any atom is 0.251 e. The van der Waals surface area contributed by atoms with Crippen molar-refractivity contribution in [3.63, 3.8) is 0 Å². The van der Waals surface area contributed by atoms with Gasteiger partial charge in [-0.05, 0) is 36.8 Å². The average molecular weight is 226 g/mol. The van der Waals surface area contributed by atoms with Gasteiger partial charge in [-0.2, -0.15) is 0 Å². The summed E-state index contributed by atoms with van der Waals surface area (Å²) in [7, 11) is 0. The third kappa shape index (κ3) is 2.91. The van der Waals surface area contributed by atoms with Crippen molar-refractivity contribution < 1.29 is 4.79 Å². The van der Waals surface area contributed by atoms with Crippen LogP contribution in [0.4, 0.5) is 0 Å². The zero-order chi connectivity index (χ0) is 12.1. The van der Waals surface area contributed by atoms with Gasteiger partial charge in [0.15, 0.2) is 0 Å². The molecule has 0 saturated carbocycles. The van der Waals surface area contributed by atoms with Gasteiger partial charge < -0.3 is 5.32 Å². The third-order valence-electron chi connectivity index (χ3n) is 2.59. The monoisotopic (exact) mass is 226 g/mol. The molecule has 1 atom stereocenters. The molecule has 3 nitrogen and oxygen atoms in total. The summed E-state index contributed by atoms with van der Waals surface area (Å²) in [5, 5.41) is 2.95. The maximum atomic E-state index is 11.9. The van der Waals surface area contributed by atoms with Gasteiger partial charge in [-0.1, -0.05) is 18.2 Å². The summed E-state index contributed by atoms with van der Waals surface area (Å²) in [5.41, 5.74) is 1.72. The lowest BCUT2D eigenvalue weighted by Gasteiger charge is -2.13. The Morgan fingerprint density at radius 2 is 1.76 bits per heavy atom. The topological polar surface area (TPSA) is 42.0 Å². The van der Waals surface area contributed by atoms with Gasteiger partial charge in [-0.25, -0.2) is 0 Å². The van der Waals surface area contributed by atoms with Crippen LogP contribution >= 0.6 is 0 Å². The lowest BCUT2D eigenvalue weighted by atomic mass is 10.1. The molecule has 17 heavy (non-hydrogen) atoms. The standard InChI is InChI=1S/C14H14N2O/c1-11(12-7-9-15-10-8-12)16-14(17)13-5-3-2-4-6-13/h2-11H,1H3,(H,16,17)/t11-/m0/s1. The lowest BCUT2D eigenvalue weighted by molar-refractivity contribution is 0.0940. The molecule has 0 radical (unpaired) electrons. The van der Waals surface area contributed by atoms with Crippen LogP contribution in [0, 0.1) is 0 Å². The van der Waals surface area contributed by atoms with Crippen LogP contribution in [0.2, 0.25) is 0 Å². The molecule has 2 rings (SSSR count). The Morgan fingerprint density at radius 3 is 2.41 bits per heavy atom. The number of pyridine rings is 1. The van der Waals surface area contributed by atoms with E-state index in [4.69, 9.17) is 0 Å². The van der Waals surface area contributed by atoms with Gasteiger partial charge in [-0.3, -0.25) is 9.78 Å². The van der Waals surface area contributed by atoms with Crippen LogP contribution < -0.4 is 5.32 Å². The molecule has 1 heterocycles. The molecule has 2 aromatic rings. The summed E-state index contributed by atoms with van der Waals surface area (Å²) < 4.78 is 0. The van der Waals surface area contributed by atoms with Crippen molar-refractivity contribution in [2.45, 2.75) is 13.0 Å². The first-order valence-electron chi connectivity index (χ1n) is 5.53. The predicted molar refractivity (Wildman–Crippen MR) is 66.6 cm³/mol. The molecule has 3 heteroatoms. The SMILES string of the molecule is C[C@H](NC(=O)c1ccccc1)c1ccncc1. The molecule has 0 fully saturated rings. The second-order valence-corrected chi connectivity index (χ2v) is 3.84. The Bertz CT molecular complexity index is 482. The van der Waals surface area contributed by atoms with Crippen molar-refractivity contribution >= 4 is 5.91 Å². The molecule has 0 spiro atoms. The molecule has 1 aromatic carbocycles. The van der Waals surface area contributed by atoms with Gasteiger partial charge in [0, 0.05) is 18.0 Å². The average Bonchev–Trinajstić information content (AvgIpc) is 2.40. The van der Waals surface area contributed by atoms with E-state index in [2.05, 4.69) is 10.3 Å². The fourth-order valence-corrected chi connectivity index (χ4v) is 1.60. The van der Waals surface area contributed by atoms with Crippen LogP contribution in [0.5, 0.6) is 0 Å². The van der Waals surface area contributed by atoms with Gasteiger partial charge >= 0.3 is 0 Å². The Morgan fingerprint density at radius 1 is 1.12 bits per heavy atom. The smallest absolute Gasteiger partial charge is 0.251 e. The zero-order valence-corrected chi connectivity index (χ0v) is 9.63. The summed E-state index contributed by atoms with van der Waals surface area (Å²) in [5.74, 6) is -0.0603. The number of nitrogens with zero attached hydrogens (tertiary/aromatic N) is 1. The molecule has 1 amide bonds. The van der Waals surface area contributed by atoms with Crippen molar-refractivity contribution in [3.8, 4) is 0 Å². The zero-order valence-electron chi connectivity index (χ0n) is 9.63. The van der Waals surface area contributed by atoms with Crippen LogP contribution in [-0.4, -0.2) is 10.9 Å². The second-order valence-electron chi connectivity index (χ2n) is 3.84. The normalized spacial score (nSPS) is 11.8. The summed E-state index contributed by atoms with van der Waals surface area (Å²) in [6, 6.07) is 13.0. The number of aromatic nitrogens is 1. The van der Waals surface area contributed by atoms with E-state index >= 15 is 0 Å². The van der Waals surface area contributed by atoms with E-state index < -0.39 is 0 Å². The first kappa shape index (κ1) is 11.3. The van der Waals surface area contributed by atoms with E-state index in [1.165, 1.54) is 0 Å². The number of amides is 1. The number of carbonyl (C=O) groups is 1. The molecule has 0 unspecified atom stereocenters. The van der Waals surface area contributed by atoms with Crippen molar-refractivity contribution in [1.82, 2.24) is 10.3 Å². The highest BCUT2D eigenvalue weighted by Gasteiger charge is 2.10. The molecule has 86 valence electrons. The molecule has 0 aliphatic heterocycles. The largest absolute Gasteiger partial charge is 0.346 e. The second kappa shape index (κ2) is 5.25. The van der Waals surface area contributed by atoms with E-state index in [9.17, 15) is 4.79 Å². The lowest BCUT2D eigenvalue weighted by Crippen LogP contribution is -2.26. The van der Waals surface area contributed by atoms with Crippen molar-refractivity contribution in [2.24, 2.45) is 0 Å².